The molecule has 0 aliphatic heterocycles. The van der Waals surface area contributed by atoms with Crippen LogP contribution in [0.1, 0.15) is 82.7 Å². The quantitative estimate of drug-likeness (QED) is 0.124. The summed E-state index contributed by atoms with van der Waals surface area (Å²) >= 11 is 3.53. The SMILES string of the molecule is CCOc1cc(/C=N\NC(=O)CCc2cc(C(C)(C)C)c(O)c(C(C)(C)C)c2)cc(Br)c1OCc1ccc([N+](=O)[O-])cc1. The lowest BCUT2D eigenvalue weighted by Gasteiger charge is -2.28. The molecule has 43 heavy (non-hydrogen) atoms. The second-order valence-electron chi connectivity index (χ2n) is 12.3. The van der Waals surface area contributed by atoms with Gasteiger partial charge in [-0.3, -0.25) is 14.9 Å². The van der Waals surface area contributed by atoms with Gasteiger partial charge in [-0.1, -0.05) is 53.7 Å². The Bertz CT molecular complexity index is 1450. The first-order valence-corrected chi connectivity index (χ1v) is 14.9. The third-order valence-electron chi connectivity index (χ3n) is 6.69. The number of aromatic hydroxyl groups is 1. The van der Waals surface area contributed by atoms with E-state index in [-0.39, 0.29) is 35.5 Å². The molecule has 0 saturated heterocycles. The molecular formula is C33H40BrN3O6. The van der Waals surface area contributed by atoms with Crippen LogP contribution in [0.2, 0.25) is 0 Å². The van der Waals surface area contributed by atoms with Gasteiger partial charge in [-0.25, -0.2) is 5.43 Å². The molecule has 10 heteroatoms. The number of rotatable bonds is 11. The van der Waals surface area contributed by atoms with Crippen molar-refractivity contribution >= 4 is 33.7 Å². The van der Waals surface area contributed by atoms with Gasteiger partial charge in [0.25, 0.3) is 5.69 Å². The Balaban J connectivity index is 1.67. The zero-order valence-corrected chi connectivity index (χ0v) is 27.4. The van der Waals surface area contributed by atoms with Gasteiger partial charge in [0, 0.05) is 18.6 Å². The first-order valence-electron chi connectivity index (χ1n) is 14.1. The minimum atomic E-state index is -0.446. The van der Waals surface area contributed by atoms with Gasteiger partial charge in [-0.05, 0) is 92.2 Å². The van der Waals surface area contributed by atoms with Crippen molar-refractivity contribution < 1.29 is 24.3 Å². The summed E-state index contributed by atoms with van der Waals surface area (Å²) in [6.45, 7) is 14.8. The number of hydrogen-bond donors (Lipinski definition) is 2. The Morgan fingerprint density at radius 2 is 1.60 bits per heavy atom. The van der Waals surface area contributed by atoms with Crippen molar-refractivity contribution in [3.63, 3.8) is 0 Å². The lowest BCUT2D eigenvalue weighted by Crippen LogP contribution is -2.20. The van der Waals surface area contributed by atoms with Crippen LogP contribution in [0.3, 0.4) is 0 Å². The van der Waals surface area contributed by atoms with E-state index in [2.05, 4.69) is 68.0 Å². The maximum Gasteiger partial charge on any atom is 0.269 e. The number of phenols is 1. The number of ether oxygens (including phenoxy) is 2. The summed E-state index contributed by atoms with van der Waals surface area (Å²) < 4.78 is 12.4. The second-order valence-corrected chi connectivity index (χ2v) is 13.2. The number of hydrazone groups is 1. The molecule has 0 unspecified atom stereocenters. The van der Waals surface area contributed by atoms with E-state index in [1.165, 1.54) is 18.3 Å². The van der Waals surface area contributed by atoms with Crippen LogP contribution in [-0.4, -0.2) is 28.8 Å². The molecule has 0 atom stereocenters. The number of phenolic OH excluding ortho intramolecular Hbond substituents is 1. The number of carbonyl (C=O) groups is 1. The Kier molecular flexibility index (Phi) is 11.0. The van der Waals surface area contributed by atoms with E-state index in [0.29, 0.717) is 40.3 Å². The smallest absolute Gasteiger partial charge is 0.269 e. The molecule has 0 saturated carbocycles. The third kappa shape index (κ3) is 9.28. The summed E-state index contributed by atoms with van der Waals surface area (Å²) in [6, 6.07) is 13.7. The lowest BCUT2D eigenvalue weighted by atomic mass is 9.78. The van der Waals surface area contributed by atoms with Crippen molar-refractivity contribution in [2.24, 2.45) is 5.10 Å². The average molecular weight is 655 g/mol. The van der Waals surface area contributed by atoms with Gasteiger partial charge >= 0.3 is 0 Å². The molecule has 0 heterocycles. The van der Waals surface area contributed by atoms with Gasteiger partial charge in [0.2, 0.25) is 5.91 Å². The van der Waals surface area contributed by atoms with E-state index >= 15 is 0 Å². The third-order valence-corrected chi connectivity index (χ3v) is 7.28. The highest BCUT2D eigenvalue weighted by molar-refractivity contribution is 9.10. The fourth-order valence-electron chi connectivity index (χ4n) is 4.41. The first kappa shape index (κ1) is 33.6. The van der Waals surface area contributed by atoms with E-state index in [4.69, 9.17) is 9.47 Å². The molecule has 0 radical (unpaired) electrons. The van der Waals surface area contributed by atoms with Crippen molar-refractivity contribution in [1.29, 1.82) is 0 Å². The Hall–Kier alpha value is -3.92. The zero-order valence-electron chi connectivity index (χ0n) is 25.8. The van der Waals surface area contributed by atoms with E-state index < -0.39 is 4.92 Å². The number of aryl methyl sites for hydroxylation is 1. The molecule has 0 fully saturated rings. The van der Waals surface area contributed by atoms with Crippen molar-refractivity contribution in [2.75, 3.05) is 6.61 Å². The molecule has 0 spiro atoms. The van der Waals surface area contributed by atoms with E-state index in [1.807, 2.05) is 19.1 Å². The molecule has 3 aromatic carbocycles. The topological polar surface area (TPSA) is 123 Å². The molecule has 230 valence electrons. The van der Waals surface area contributed by atoms with Crippen LogP contribution >= 0.6 is 15.9 Å². The normalized spacial score (nSPS) is 11.9. The summed E-state index contributed by atoms with van der Waals surface area (Å²) in [7, 11) is 0. The standard InChI is InChI=1S/C33H40BrN3O6/c1-8-42-28-18-23(17-27(34)31(28)43-20-21-9-12-24(13-10-21)37(40)41)19-35-36-29(38)14-11-22-15-25(32(2,3)4)30(39)26(16-22)33(5,6)7/h9-10,12-13,15-19,39H,8,11,14,20H2,1-7H3,(H,36,38)/b35-19-. The highest BCUT2D eigenvalue weighted by Crippen LogP contribution is 2.40. The van der Waals surface area contributed by atoms with Crippen molar-refractivity contribution in [3.05, 3.63) is 90.9 Å². The van der Waals surface area contributed by atoms with Crippen molar-refractivity contribution in [2.45, 2.75) is 78.7 Å². The highest BCUT2D eigenvalue weighted by atomic mass is 79.9. The van der Waals surface area contributed by atoms with Crippen LogP contribution < -0.4 is 14.9 Å². The van der Waals surface area contributed by atoms with Gasteiger partial charge in [-0.2, -0.15) is 5.10 Å². The van der Waals surface area contributed by atoms with Gasteiger partial charge in [0.1, 0.15) is 12.4 Å². The summed E-state index contributed by atoms with van der Waals surface area (Å²) in [6.07, 6.45) is 2.27. The zero-order chi connectivity index (χ0) is 31.9. The lowest BCUT2D eigenvalue weighted by molar-refractivity contribution is -0.384. The first-order chi connectivity index (χ1) is 20.1. The monoisotopic (exact) mass is 653 g/mol. The van der Waals surface area contributed by atoms with E-state index in [9.17, 15) is 20.0 Å². The van der Waals surface area contributed by atoms with Crippen LogP contribution in [0.15, 0.2) is 58.1 Å². The predicted molar refractivity (Wildman–Crippen MR) is 172 cm³/mol. The van der Waals surface area contributed by atoms with Crippen LogP contribution in [0.4, 0.5) is 5.69 Å². The van der Waals surface area contributed by atoms with Crippen molar-refractivity contribution in [1.82, 2.24) is 5.43 Å². The number of hydrogen-bond acceptors (Lipinski definition) is 7. The van der Waals surface area contributed by atoms with Crippen LogP contribution in [0.5, 0.6) is 17.2 Å². The molecule has 3 aromatic rings. The average Bonchev–Trinajstić information content (AvgIpc) is 2.91. The number of nitrogens with zero attached hydrogens (tertiary/aromatic N) is 2. The number of nitrogens with one attached hydrogen (secondary N) is 1. The molecule has 3 rings (SSSR count). The summed E-state index contributed by atoms with van der Waals surface area (Å²) in [5, 5.41) is 26.0. The Labute approximate surface area is 261 Å². The number of halogens is 1. The molecule has 1 amide bonds. The molecule has 0 aromatic heterocycles. The van der Waals surface area contributed by atoms with E-state index in [1.54, 1.807) is 24.3 Å². The van der Waals surface area contributed by atoms with Crippen molar-refractivity contribution in [3.8, 4) is 17.2 Å². The number of amides is 1. The molecular weight excluding hydrogens is 614 g/mol. The van der Waals surface area contributed by atoms with Crippen LogP contribution in [0, 0.1) is 10.1 Å². The second kappa shape index (κ2) is 14.0. The maximum atomic E-state index is 12.6. The number of non-ortho nitro benzene ring substituents is 1. The molecule has 0 aliphatic carbocycles. The van der Waals surface area contributed by atoms with Gasteiger partial charge < -0.3 is 14.6 Å². The largest absolute Gasteiger partial charge is 0.507 e. The van der Waals surface area contributed by atoms with Gasteiger partial charge in [-0.15, -0.1) is 0 Å². The molecule has 0 bridgehead atoms. The molecule has 0 aliphatic rings. The summed E-state index contributed by atoms with van der Waals surface area (Å²) in [5.74, 6) is 1.06. The Morgan fingerprint density at radius 1 is 1.00 bits per heavy atom. The summed E-state index contributed by atoms with van der Waals surface area (Å²) in [5.41, 5.74) is 6.29. The number of carbonyl (C=O) groups excluding carboxylic acids is 1. The predicted octanol–water partition coefficient (Wildman–Crippen LogP) is 7.72. The van der Waals surface area contributed by atoms with Gasteiger partial charge in [0.05, 0.1) is 22.2 Å². The summed E-state index contributed by atoms with van der Waals surface area (Å²) in [4.78, 5) is 23.1. The fourth-order valence-corrected chi connectivity index (χ4v) is 4.98. The minimum Gasteiger partial charge on any atom is -0.507 e. The minimum absolute atomic E-state index is 0.0142. The Morgan fingerprint density at radius 3 is 2.14 bits per heavy atom. The highest BCUT2D eigenvalue weighted by Gasteiger charge is 2.26. The number of benzene rings is 3. The van der Waals surface area contributed by atoms with Gasteiger partial charge in [0.15, 0.2) is 11.5 Å². The molecule has 2 N–H and O–H groups in total. The van der Waals surface area contributed by atoms with Crippen LogP contribution in [0.25, 0.3) is 0 Å². The molecule has 9 nitrogen and oxygen atoms in total. The fraction of sp³-hybridized carbons (Fsp3) is 0.394. The van der Waals surface area contributed by atoms with E-state index in [0.717, 1.165) is 22.3 Å². The van der Waals surface area contributed by atoms with Crippen LogP contribution in [-0.2, 0) is 28.7 Å². The number of nitro groups is 1. The number of nitro benzene ring substituents is 1. The maximum absolute atomic E-state index is 12.6.